The smallest absolute Gasteiger partial charge is 0.164 e. The molecule has 10 aromatic rings. The molecule has 234 valence electrons. The fraction of sp³-hybridized carbons (Fsp3) is 0. The van der Waals surface area contributed by atoms with Crippen LogP contribution in [0.1, 0.15) is 13.7 Å². The zero-order chi connectivity index (χ0) is 41.7. The molecule has 5 nitrogen and oxygen atoms in total. The highest BCUT2D eigenvalue weighted by Crippen LogP contribution is 2.41. The van der Waals surface area contributed by atoms with Crippen molar-refractivity contribution < 1.29 is 22.5 Å². The molecule has 0 fully saturated rings. The van der Waals surface area contributed by atoms with Gasteiger partial charge in [0.2, 0.25) is 0 Å². The third-order valence-corrected chi connectivity index (χ3v) is 8.70. The van der Waals surface area contributed by atoms with Gasteiger partial charge in [0.1, 0.15) is 22.3 Å². The Balaban J connectivity index is 1.24. The highest BCUT2D eigenvalue weighted by molar-refractivity contribution is 6.13. The summed E-state index contributed by atoms with van der Waals surface area (Å²) in [4.78, 5) is 14.9. The summed E-state index contributed by atoms with van der Waals surface area (Å²) in [5, 5.41) is 2.73. The molecule has 0 aliphatic carbocycles. The Kier molecular flexibility index (Phi) is 4.52. The van der Waals surface area contributed by atoms with Gasteiger partial charge < -0.3 is 8.83 Å². The minimum absolute atomic E-state index is 0.0818. The maximum absolute atomic E-state index is 8.85. The van der Waals surface area contributed by atoms with Gasteiger partial charge in [-0.15, -0.1) is 0 Å². The van der Waals surface area contributed by atoms with Crippen LogP contribution in [0.15, 0.2) is 172 Å². The van der Waals surface area contributed by atoms with Crippen LogP contribution in [0.25, 0.3) is 100 Å². The molecule has 0 bridgehead atoms. The van der Waals surface area contributed by atoms with Gasteiger partial charge in [-0.05, 0) is 53.1 Å². The van der Waals surface area contributed by atoms with E-state index in [-0.39, 0.29) is 27.8 Å². The molecule has 3 aromatic heterocycles. The summed E-state index contributed by atoms with van der Waals surface area (Å²) in [5.41, 5.74) is 3.93. The van der Waals surface area contributed by atoms with E-state index in [1.807, 2.05) is 72.8 Å². The molecule has 0 radical (unpaired) electrons. The molecule has 5 heteroatoms. The van der Waals surface area contributed by atoms with Crippen LogP contribution in [0.2, 0.25) is 0 Å². The molecule has 0 unspecified atom stereocenters. The lowest BCUT2D eigenvalue weighted by molar-refractivity contribution is 0.669. The van der Waals surface area contributed by atoms with Crippen LogP contribution in [0.5, 0.6) is 0 Å². The maximum Gasteiger partial charge on any atom is 0.164 e. The number of para-hydroxylation sites is 1. The summed E-state index contributed by atoms with van der Waals surface area (Å²) in [6, 6.07) is 26.1. The number of hydrogen-bond donors (Lipinski definition) is 0. The normalized spacial score (nSPS) is 14.4. The summed E-state index contributed by atoms with van der Waals surface area (Å²) in [6.07, 6.45) is 0. The van der Waals surface area contributed by atoms with Gasteiger partial charge in [-0.25, -0.2) is 15.0 Å². The van der Waals surface area contributed by atoms with E-state index in [0.29, 0.717) is 45.0 Å². The van der Waals surface area contributed by atoms with Crippen molar-refractivity contribution in [2.45, 2.75) is 0 Å². The lowest BCUT2D eigenvalue weighted by Gasteiger charge is -2.09. The number of furan rings is 2. The molecule has 0 saturated heterocycles. The van der Waals surface area contributed by atoms with Crippen LogP contribution in [0, 0.1) is 0 Å². The summed E-state index contributed by atoms with van der Waals surface area (Å²) in [5.74, 6) is 1.17. The quantitative estimate of drug-likeness (QED) is 0.185. The molecule has 0 amide bonds. The molecule has 7 aromatic carbocycles. The average molecular weight is 652 g/mol. The van der Waals surface area contributed by atoms with Crippen LogP contribution < -0.4 is 0 Å². The molecule has 3 heterocycles. The van der Waals surface area contributed by atoms with Gasteiger partial charge in [-0.2, -0.15) is 0 Å². The SMILES string of the molecule is [2H]c1c([2H])c([2H])c(-c2cc(-c3c([2H])c([2H])c([2H])c([2H])c3[2H])c3oc4cc(-c5nc(-c6ccccc6)nc(-c6cccc7oc8ccccc8c67)n5)ccc4c3c2)c([2H])c1[2H]. The van der Waals surface area contributed by atoms with E-state index in [9.17, 15) is 0 Å². The van der Waals surface area contributed by atoms with Gasteiger partial charge in [-0.3, -0.25) is 0 Å². The van der Waals surface area contributed by atoms with Gasteiger partial charge in [0.15, 0.2) is 17.5 Å². The minimum atomic E-state index is -0.579. The molecule has 0 atom stereocenters. The first-order valence-electron chi connectivity index (χ1n) is 20.8. The Morgan fingerprint density at radius 1 is 0.400 bits per heavy atom. The van der Waals surface area contributed by atoms with E-state index in [1.165, 1.54) is 6.07 Å². The van der Waals surface area contributed by atoms with Crippen molar-refractivity contribution in [2.24, 2.45) is 0 Å². The standard InChI is InChI=1S/C45H27N3O2/c1-4-13-28(14-5-1)32-25-36(29-15-6-2-7-16-29)42-37(26-32)33-24-23-31(27-40(33)50-42)44-46-43(30-17-8-3-9-18-30)47-45(48-44)35-20-12-22-39-41(35)34-19-10-11-21-38(34)49-39/h1-27H/i1D,2D,4D,5D,6D,7D,13D,14D,15D,16D. The van der Waals surface area contributed by atoms with Crippen molar-refractivity contribution in [3.8, 4) is 56.4 Å². The van der Waals surface area contributed by atoms with E-state index >= 15 is 0 Å². The lowest BCUT2D eigenvalue weighted by atomic mass is 9.95. The van der Waals surface area contributed by atoms with E-state index in [2.05, 4.69) is 0 Å². The maximum atomic E-state index is 8.85. The zero-order valence-electron chi connectivity index (χ0n) is 36.0. The Morgan fingerprint density at radius 2 is 1.10 bits per heavy atom. The van der Waals surface area contributed by atoms with Crippen molar-refractivity contribution in [1.29, 1.82) is 0 Å². The van der Waals surface area contributed by atoms with Gasteiger partial charge in [0.25, 0.3) is 0 Å². The molecule has 0 saturated carbocycles. The monoisotopic (exact) mass is 651 g/mol. The Hall–Kier alpha value is -6.85. The van der Waals surface area contributed by atoms with Gasteiger partial charge in [0, 0.05) is 43.8 Å². The summed E-state index contributed by atoms with van der Waals surface area (Å²) in [7, 11) is 0. The predicted octanol–water partition coefficient (Wildman–Crippen LogP) is 12.0. The zero-order valence-corrected chi connectivity index (χ0v) is 26.0. The topological polar surface area (TPSA) is 65.0 Å². The van der Waals surface area contributed by atoms with E-state index in [4.69, 9.17) is 37.5 Å². The average Bonchev–Trinajstić information content (AvgIpc) is 3.85. The van der Waals surface area contributed by atoms with Crippen molar-refractivity contribution in [3.05, 3.63) is 164 Å². The molecule has 0 aliphatic heterocycles. The number of rotatable bonds is 5. The lowest BCUT2D eigenvalue weighted by Crippen LogP contribution is -2.00. The second-order valence-corrected chi connectivity index (χ2v) is 11.7. The molecule has 50 heavy (non-hydrogen) atoms. The number of benzene rings is 7. The van der Waals surface area contributed by atoms with Crippen LogP contribution >= 0.6 is 0 Å². The fourth-order valence-corrected chi connectivity index (χ4v) is 6.43. The predicted molar refractivity (Wildman–Crippen MR) is 202 cm³/mol. The highest BCUT2D eigenvalue weighted by atomic mass is 16.3. The fourth-order valence-electron chi connectivity index (χ4n) is 6.43. The number of aromatic nitrogens is 3. The summed E-state index contributed by atoms with van der Waals surface area (Å²) in [6.45, 7) is 0. The number of nitrogens with zero attached hydrogens (tertiary/aromatic N) is 3. The Morgan fingerprint density at radius 3 is 1.92 bits per heavy atom. The Bertz CT molecular complexity index is 3400. The third kappa shape index (κ3) is 4.67. The molecular formula is C45H27N3O2. The minimum Gasteiger partial charge on any atom is -0.456 e. The van der Waals surface area contributed by atoms with Gasteiger partial charge in [-0.1, -0.05) is 127 Å². The molecular weight excluding hydrogens is 615 g/mol. The first kappa shape index (κ1) is 19.8. The largest absolute Gasteiger partial charge is 0.456 e. The third-order valence-electron chi connectivity index (χ3n) is 8.70. The van der Waals surface area contributed by atoms with Crippen LogP contribution in [-0.2, 0) is 0 Å². The number of fused-ring (bicyclic) bond motifs is 6. The first-order valence-corrected chi connectivity index (χ1v) is 15.8. The van der Waals surface area contributed by atoms with Gasteiger partial charge in [0.05, 0.1) is 13.7 Å². The van der Waals surface area contributed by atoms with Crippen LogP contribution in [-0.4, -0.2) is 15.0 Å². The molecule has 0 aliphatic rings. The van der Waals surface area contributed by atoms with Crippen molar-refractivity contribution in [3.63, 3.8) is 0 Å². The molecule has 0 N–H and O–H groups in total. The van der Waals surface area contributed by atoms with Crippen LogP contribution in [0.3, 0.4) is 0 Å². The van der Waals surface area contributed by atoms with Crippen molar-refractivity contribution in [1.82, 2.24) is 15.0 Å². The molecule has 10 rings (SSSR count). The Labute approximate surface area is 301 Å². The van der Waals surface area contributed by atoms with E-state index in [1.54, 1.807) is 24.3 Å². The first-order chi connectivity index (χ1) is 28.9. The van der Waals surface area contributed by atoms with Gasteiger partial charge >= 0.3 is 0 Å². The number of hydrogen-bond acceptors (Lipinski definition) is 5. The van der Waals surface area contributed by atoms with E-state index in [0.717, 1.165) is 27.5 Å². The van der Waals surface area contributed by atoms with Crippen molar-refractivity contribution >= 4 is 43.9 Å². The van der Waals surface area contributed by atoms with Crippen LogP contribution in [0.4, 0.5) is 0 Å². The second-order valence-electron chi connectivity index (χ2n) is 11.7. The summed E-state index contributed by atoms with van der Waals surface area (Å²) < 4.78 is 97.8. The highest BCUT2D eigenvalue weighted by Gasteiger charge is 2.20. The second kappa shape index (κ2) is 11.4. The van der Waals surface area contributed by atoms with Crippen molar-refractivity contribution in [2.75, 3.05) is 0 Å². The molecule has 0 spiro atoms. The summed E-state index contributed by atoms with van der Waals surface area (Å²) >= 11 is 0. The van der Waals surface area contributed by atoms with E-state index < -0.39 is 60.4 Å².